The first-order valence-corrected chi connectivity index (χ1v) is 10.6. The minimum absolute atomic E-state index is 0.0989. The third kappa shape index (κ3) is 5.00. The number of nitrogens with one attached hydrogen (secondary N) is 1. The van der Waals surface area contributed by atoms with E-state index in [4.69, 9.17) is 4.42 Å². The van der Waals surface area contributed by atoms with Gasteiger partial charge in [-0.15, -0.1) is 10.2 Å². The van der Waals surface area contributed by atoms with Gasteiger partial charge in [-0.3, -0.25) is 4.79 Å². The molecule has 0 saturated carbocycles. The molecule has 1 saturated heterocycles. The molecule has 7 nitrogen and oxygen atoms in total. The summed E-state index contributed by atoms with van der Waals surface area (Å²) in [6.45, 7) is 1.93. The average molecular weight is 459 g/mol. The number of aromatic nitrogens is 2. The molecule has 1 N–H and O–H groups in total. The van der Waals surface area contributed by atoms with Gasteiger partial charge in [0.1, 0.15) is 5.82 Å². The van der Waals surface area contributed by atoms with E-state index >= 15 is 0 Å². The van der Waals surface area contributed by atoms with Crippen LogP contribution in [0.25, 0.3) is 11.5 Å². The molecule has 174 valence electrons. The highest BCUT2D eigenvalue weighted by Gasteiger charge is 2.24. The Hall–Kier alpha value is -3.40. The first-order valence-electron chi connectivity index (χ1n) is 10.6. The van der Waals surface area contributed by atoms with Gasteiger partial charge in [-0.25, -0.2) is 4.39 Å². The van der Waals surface area contributed by atoms with Crippen LogP contribution in [-0.2, 0) is 11.3 Å². The van der Waals surface area contributed by atoms with E-state index in [0.717, 1.165) is 43.7 Å². The summed E-state index contributed by atoms with van der Waals surface area (Å²) in [5.74, 6) is -1.50. The highest BCUT2D eigenvalue weighted by atomic mass is 19.3. The largest absolute Gasteiger partial charge is 0.415 e. The number of carbonyl (C=O) groups excluding carboxylic acids is 1. The van der Waals surface area contributed by atoms with Gasteiger partial charge < -0.3 is 19.5 Å². The van der Waals surface area contributed by atoms with Crippen LogP contribution >= 0.6 is 0 Å². The molecule has 0 aliphatic carbocycles. The van der Waals surface area contributed by atoms with Crippen molar-refractivity contribution in [2.45, 2.75) is 31.9 Å². The fraction of sp³-hybridized carbons (Fsp3) is 0.348. The minimum atomic E-state index is -2.89. The van der Waals surface area contributed by atoms with Crippen molar-refractivity contribution < 1.29 is 22.4 Å². The van der Waals surface area contributed by atoms with Crippen LogP contribution in [0.4, 0.5) is 24.5 Å². The molecule has 3 aromatic rings. The number of carbonyl (C=O) groups is 1. The van der Waals surface area contributed by atoms with E-state index in [1.165, 1.54) is 6.07 Å². The lowest BCUT2D eigenvalue weighted by Gasteiger charge is -2.34. The molecular formula is C23H24F3N5O2. The molecule has 0 radical (unpaired) electrons. The van der Waals surface area contributed by atoms with Crippen molar-refractivity contribution in [3.05, 3.63) is 59.7 Å². The van der Waals surface area contributed by atoms with Crippen LogP contribution in [0, 0.1) is 5.82 Å². The maximum atomic E-state index is 14.9. The molecule has 1 amide bonds. The highest BCUT2D eigenvalue weighted by Crippen LogP contribution is 2.32. The summed E-state index contributed by atoms with van der Waals surface area (Å²) in [6, 6.07) is 11.9. The number of para-hydroxylation sites is 2. The van der Waals surface area contributed by atoms with Crippen molar-refractivity contribution in [1.29, 1.82) is 0 Å². The summed E-state index contributed by atoms with van der Waals surface area (Å²) in [6.07, 6.45) is -0.318. The fourth-order valence-corrected chi connectivity index (χ4v) is 4.02. The summed E-state index contributed by atoms with van der Waals surface area (Å²) in [5.41, 5.74) is 2.18. The third-order valence-corrected chi connectivity index (χ3v) is 5.72. The number of piperidine rings is 1. The summed E-state index contributed by atoms with van der Waals surface area (Å²) < 4.78 is 45.1. The van der Waals surface area contributed by atoms with Crippen LogP contribution in [0.15, 0.2) is 46.9 Å². The molecule has 1 aliphatic rings. The Morgan fingerprint density at radius 2 is 1.88 bits per heavy atom. The Bertz CT molecular complexity index is 1100. The van der Waals surface area contributed by atoms with E-state index in [9.17, 15) is 18.0 Å². The van der Waals surface area contributed by atoms with Crippen LogP contribution in [0.2, 0.25) is 0 Å². The molecule has 33 heavy (non-hydrogen) atoms. The summed E-state index contributed by atoms with van der Waals surface area (Å²) >= 11 is 0. The Morgan fingerprint density at radius 1 is 1.15 bits per heavy atom. The number of benzene rings is 2. The highest BCUT2D eigenvalue weighted by molar-refractivity contribution is 5.84. The quantitative estimate of drug-likeness (QED) is 0.510. The number of rotatable bonds is 8. The molecule has 1 aromatic heterocycles. The van der Waals surface area contributed by atoms with Gasteiger partial charge in [0.2, 0.25) is 12.3 Å². The van der Waals surface area contributed by atoms with Crippen molar-refractivity contribution in [3.8, 4) is 11.5 Å². The van der Waals surface area contributed by atoms with Gasteiger partial charge in [0, 0.05) is 30.8 Å². The van der Waals surface area contributed by atoms with E-state index in [1.54, 1.807) is 17.0 Å². The second-order valence-electron chi connectivity index (χ2n) is 7.89. The van der Waals surface area contributed by atoms with Gasteiger partial charge in [-0.05, 0) is 50.2 Å². The smallest absolute Gasteiger partial charge is 0.314 e. The standard InChI is InChI=1S/C23H24F3N5O2/c1-30(19-4-2-3-5-20(19)31(14-32)17-8-10-27-11-9-17)13-16-7-6-15(12-18(16)24)22-28-29-23(33-22)21(25)26/h2-7,12,14,17,21,27H,8-11,13H2,1H3. The van der Waals surface area contributed by atoms with Crippen LogP contribution in [0.5, 0.6) is 0 Å². The molecule has 0 bridgehead atoms. The fourth-order valence-electron chi connectivity index (χ4n) is 4.02. The van der Waals surface area contributed by atoms with Crippen molar-refractivity contribution in [3.63, 3.8) is 0 Å². The van der Waals surface area contributed by atoms with Gasteiger partial charge in [0.25, 0.3) is 5.89 Å². The van der Waals surface area contributed by atoms with Gasteiger partial charge in [0.05, 0.1) is 11.4 Å². The van der Waals surface area contributed by atoms with Gasteiger partial charge in [-0.1, -0.05) is 18.2 Å². The average Bonchev–Trinajstić information content (AvgIpc) is 3.33. The molecule has 0 unspecified atom stereocenters. The number of hydrogen-bond acceptors (Lipinski definition) is 6. The first kappa shape index (κ1) is 22.8. The van der Waals surface area contributed by atoms with Crippen LogP contribution in [0.3, 0.4) is 0 Å². The van der Waals surface area contributed by atoms with Crippen molar-refractivity contribution in [1.82, 2.24) is 15.5 Å². The normalized spacial score (nSPS) is 14.5. The number of nitrogens with zero attached hydrogens (tertiary/aromatic N) is 4. The number of anilines is 2. The summed E-state index contributed by atoms with van der Waals surface area (Å²) in [4.78, 5) is 15.6. The Morgan fingerprint density at radius 3 is 2.52 bits per heavy atom. The monoisotopic (exact) mass is 459 g/mol. The predicted molar refractivity (Wildman–Crippen MR) is 118 cm³/mol. The SMILES string of the molecule is CN(Cc1ccc(-c2nnc(C(F)F)o2)cc1F)c1ccccc1N(C=O)C1CCNCC1. The van der Waals surface area contributed by atoms with Crippen LogP contribution in [-0.4, -0.2) is 42.8 Å². The van der Waals surface area contributed by atoms with Gasteiger partial charge in [0.15, 0.2) is 0 Å². The predicted octanol–water partition coefficient (Wildman–Crippen LogP) is 4.16. The molecule has 2 aromatic carbocycles. The molecule has 1 fully saturated rings. The topological polar surface area (TPSA) is 74.5 Å². The number of amides is 1. The van der Waals surface area contributed by atoms with E-state index in [1.807, 2.05) is 36.2 Å². The number of alkyl halides is 2. The Balaban J connectivity index is 1.55. The van der Waals surface area contributed by atoms with Gasteiger partial charge >= 0.3 is 6.43 Å². The Labute approximate surface area is 189 Å². The lowest BCUT2D eigenvalue weighted by Crippen LogP contribution is -2.43. The summed E-state index contributed by atoms with van der Waals surface area (Å²) in [5, 5.41) is 10.1. The lowest BCUT2D eigenvalue weighted by atomic mass is 10.0. The third-order valence-electron chi connectivity index (χ3n) is 5.72. The summed E-state index contributed by atoms with van der Waals surface area (Å²) in [7, 11) is 1.82. The van der Waals surface area contributed by atoms with E-state index in [-0.39, 0.29) is 24.0 Å². The molecule has 0 atom stereocenters. The minimum Gasteiger partial charge on any atom is -0.415 e. The van der Waals surface area contributed by atoms with E-state index in [0.29, 0.717) is 5.56 Å². The van der Waals surface area contributed by atoms with E-state index in [2.05, 4.69) is 15.5 Å². The maximum absolute atomic E-state index is 14.9. The number of halogens is 3. The Kier molecular flexibility index (Phi) is 6.93. The first-order chi connectivity index (χ1) is 16.0. The van der Waals surface area contributed by atoms with Crippen molar-refractivity contribution >= 4 is 17.8 Å². The molecule has 0 spiro atoms. The van der Waals surface area contributed by atoms with Crippen LogP contribution in [0.1, 0.15) is 30.7 Å². The van der Waals surface area contributed by atoms with Crippen LogP contribution < -0.4 is 15.1 Å². The lowest BCUT2D eigenvalue weighted by molar-refractivity contribution is -0.108. The van der Waals surface area contributed by atoms with Crippen molar-refractivity contribution in [2.75, 3.05) is 29.9 Å². The molecule has 2 heterocycles. The molecular weight excluding hydrogens is 435 g/mol. The second kappa shape index (κ2) is 10.0. The van der Waals surface area contributed by atoms with E-state index < -0.39 is 18.1 Å². The maximum Gasteiger partial charge on any atom is 0.314 e. The zero-order valence-electron chi connectivity index (χ0n) is 18.0. The van der Waals surface area contributed by atoms with Gasteiger partial charge in [-0.2, -0.15) is 8.78 Å². The molecule has 10 heteroatoms. The molecule has 1 aliphatic heterocycles. The van der Waals surface area contributed by atoms with Crippen molar-refractivity contribution in [2.24, 2.45) is 0 Å². The second-order valence-corrected chi connectivity index (χ2v) is 7.89. The number of hydrogen-bond donors (Lipinski definition) is 1. The zero-order valence-corrected chi connectivity index (χ0v) is 18.0. The zero-order chi connectivity index (χ0) is 23.4. The molecule has 4 rings (SSSR count).